The standard InChI is InChI=1S/C17H13ClN6O/c1-9-20-17(22-25-9)16-14-5-10-7-23(2)21-15(10)12-6-11(18)3-4-13(12)24(14)8-19-16/h3-4,6-8H,5H2,1-2H3. The predicted molar refractivity (Wildman–Crippen MR) is 91.6 cm³/mol. The molecule has 0 aliphatic carbocycles. The fourth-order valence-electron chi connectivity index (χ4n) is 3.31. The molecule has 3 aromatic heterocycles. The van der Waals surface area contributed by atoms with Crippen LogP contribution in [0.15, 0.2) is 35.2 Å². The highest BCUT2D eigenvalue weighted by Gasteiger charge is 2.26. The van der Waals surface area contributed by atoms with Gasteiger partial charge in [0.15, 0.2) is 0 Å². The fourth-order valence-corrected chi connectivity index (χ4v) is 3.49. The third-order valence-corrected chi connectivity index (χ3v) is 4.58. The topological polar surface area (TPSA) is 74.6 Å². The lowest BCUT2D eigenvalue weighted by Gasteiger charge is -2.09. The van der Waals surface area contributed by atoms with Crippen molar-refractivity contribution in [3.8, 4) is 28.5 Å². The van der Waals surface area contributed by atoms with Gasteiger partial charge in [-0.15, -0.1) is 0 Å². The van der Waals surface area contributed by atoms with Crippen LogP contribution >= 0.6 is 11.6 Å². The summed E-state index contributed by atoms with van der Waals surface area (Å²) >= 11 is 6.24. The summed E-state index contributed by atoms with van der Waals surface area (Å²) in [5.74, 6) is 1.01. The van der Waals surface area contributed by atoms with E-state index in [1.54, 1.807) is 13.3 Å². The number of aryl methyl sites for hydroxylation is 2. The Hall–Kier alpha value is -2.93. The molecule has 0 radical (unpaired) electrons. The number of fused-ring (bicyclic) bond motifs is 5. The molecule has 0 N–H and O–H groups in total. The lowest BCUT2D eigenvalue weighted by Crippen LogP contribution is -2.00. The van der Waals surface area contributed by atoms with E-state index in [0.717, 1.165) is 33.9 Å². The highest BCUT2D eigenvalue weighted by molar-refractivity contribution is 6.31. The predicted octanol–water partition coefficient (Wildman–Crippen LogP) is 3.19. The lowest BCUT2D eigenvalue weighted by molar-refractivity contribution is 0.394. The first kappa shape index (κ1) is 14.4. The number of hydrogen-bond acceptors (Lipinski definition) is 5. The Kier molecular flexibility index (Phi) is 2.90. The summed E-state index contributed by atoms with van der Waals surface area (Å²) in [5, 5.41) is 9.34. The number of benzene rings is 1. The molecule has 25 heavy (non-hydrogen) atoms. The first-order chi connectivity index (χ1) is 12.1. The SMILES string of the molecule is Cc1nc(-c2ncn3c2Cc2cn(C)nc2-c2cc(Cl)ccc2-3)no1. The van der Waals surface area contributed by atoms with Gasteiger partial charge in [-0.2, -0.15) is 10.1 Å². The number of nitrogens with zero attached hydrogens (tertiary/aromatic N) is 6. The summed E-state index contributed by atoms with van der Waals surface area (Å²) in [6, 6.07) is 5.80. The molecule has 7 nitrogen and oxygen atoms in total. The zero-order valence-corrected chi connectivity index (χ0v) is 14.3. The van der Waals surface area contributed by atoms with Crippen LogP contribution in [-0.4, -0.2) is 29.5 Å². The van der Waals surface area contributed by atoms with Crippen LogP contribution in [-0.2, 0) is 13.5 Å². The van der Waals surface area contributed by atoms with E-state index in [-0.39, 0.29) is 0 Å². The second-order valence-electron chi connectivity index (χ2n) is 6.06. The molecule has 0 atom stereocenters. The van der Waals surface area contributed by atoms with Gasteiger partial charge < -0.3 is 9.09 Å². The molecule has 1 aliphatic heterocycles. The summed E-state index contributed by atoms with van der Waals surface area (Å²) in [6.07, 6.45) is 4.47. The molecule has 124 valence electrons. The summed E-state index contributed by atoms with van der Waals surface area (Å²) in [5.41, 5.74) is 5.71. The average Bonchev–Trinajstić information content (AvgIpc) is 3.25. The van der Waals surface area contributed by atoms with Crippen molar-refractivity contribution in [3.05, 3.63) is 52.9 Å². The van der Waals surface area contributed by atoms with Crippen molar-refractivity contribution < 1.29 is 4.52 Å². The minimum Gasteiger partial charge on any atom is -0.339 e. The summed E-state index contributed by atoms with van der Waals surface area (Å²) in [4.78, 5) is 8.87. The minimum atomic E-state index is 0.495. The van der Waals surface area contributed by atoms with Gasteiger partial charge in [0.25, 0.3) is 0 Å². The number of hydrogen-bond donors (Lipinski definition) is 0. The molecule has 1 aromatic carbocycles. The Bertz CT molecular complexity index is 1120. The zero-order chi connectivity index (χ0) is 17.1. The van der Waals surface area contributed by atoms with Gasteiger partial charge in [-0.05, 0) is 18.2 Å². The second kappa shape index (κ2) is 5.03. The van der Waals surface area contributed by atoms with E-state index >= 15 is 0 Å². The Morgan fingerprint density at radius 2 is 2.12 bits per heavy atom. The highest BCUT2D eigenvalue weighted by atomic mass is 35.5. The first-order valence-corrected chi connectivity index (χ1v) is 8.17. The fraction of sp³-hybridized carbons (Fsp3) is 0.176. The van der Waals surface area contributed by atoms with Gasteiger partial charge in [0.2, 0.25) is 11.7 Å². The average molecular weight is 353 g/mol. The molecular weight excluding hydrogens is 340 g/mol. The van der Waals surface area contributed by atoms with E-state index in [2.05, 4.69) is 20.2 Å². The summed E-state index contributed by atoms with van der Waals surface area (Å²) in [7, 11) is 1.92. The molecule has 0 fully saturated rings. The third-order valence-electron chi connectivity index (χ3n) is 4.34. The monoisotopic (exact) mass is 352 g/mol. The summed E-state index contributed by atoms with van der Waals surface area (Å²) in [6.45, 7) is 1.77. The summed E-state index contributed by atoms with van der Waals surface area (Å²) < 4.78 is 8.99. The normalized spacial score (nSPS) is 12.4. The Labute approximate surface area is 147 Å². The van der Waals surface area contributed by atoms with Gasteiger partial charge >= 0.3 is 0 Å². The van der Waals surface area contributed by atoms with Gasteiger partial charge in [-0.3, -0.25) is 4.68 Å². The maximum atomic E-state index is 6.24. The number of aromatic nitrogens is 6. The third kappa shape index (κ3) is 2.12. The maximum Gasteiger partial charge on any atom is 0.223 e. The van der Waals surface area contributed by atoms with E-state index in [1.807, 2.05) is 40.7 Å². The van der Waals surface area contributed by atoms with Crippen LogP contribution in [0, 0.1) is 6.92 Å². The largest absolute Gasteiger partial charge is 0.339 e. The van der Waals surface area contributed by atoms with Crippen LogP contribution < -0.4 is 0 Å². The number of imidazole rings is 1. The molecule has 0 saturated carbocycles. The molecule has 0 bridgehead atoms. The number of halogens is 1. The Balaban J connectivity index is 1.82. The van der Waals surface area contributed by atoms with Crippen molar-refractivity contribution in [1.29, 1.82) is 0 Å². The van der Waals surface area contributed by atoms with Gasteiger partial charge in [0.1, 0.15) is 12.0 Å². The Morgan fingerprint density at radius 1 is 1.24 bits per heavy atom. The van der Waals surface area contributed by atoms with Crippen LogP contribution in [0.2, 0.25) is 5.02 Å². The highest BCUT2D eigenvalue weighted by Crippen LogP contribution is 2.38. The Morgan fingerprint density at radius 3 is 2.92 bits per heavy atom. The molecular formula is C17H13ClN6O. The van der Waals surface area contributed by atoms with Crippen LogP contribution in [0.4, 0.5) is 0 Å². The number of rotatable bonds is 1. The lowest BCUT2D eigenvalue weighted by atomic mass is 10.0. The van der Waals surface area contributed by atoms with Crippen LogP contribution in [0.1, 0.15) is 17.1 Å². The van der Waals surface area contributed by atoms with Gasteiger partial charge in [0, 0.05) is 42.7 Å². The quantitative estimate of drug-likeness (QED) is 0.463. The second-order valence-corrected chi connectivity index (χ2v) is 6.50. The molecule has 1 aliphatic rings. The van der Waals surface area contributed by atoms with Crippen molar-refractivity contribution in [2.75, 3.05) is 0 Å². The maximum absolute atomic E-state index is 6.24. The van der Waals surface area contributed by atoms with E-state index in [9.17, 15) is 0 Å². The van der Waals surface area contributed by atoms with E-state index in [4.69, 9.17) is 16.1 Å². The van der Waals surface area contributed by atoms with Gasteiger partial charge in [-0.1, -0.05) is 16.8 Å². The van der Waals surface area contributed by atoms with Gasteiger partial charge in [0.05, 0.1) is 17.1 Å². The molecule has 4 heterocycles. The van der Waals surface area contributed by atoms with Gasteiger partial charge in [-0.25, -0.2) is 4.98 Å². The van der Waals surface area contributed by atoms with Crippen molar-refractivity contribution >= 4 is 11.6 Å². The van der Waals surface area contributed by atoms with E-state index < -0.39 is 0 Å². The van der Waals surface area contributed by atoms with Crippen molar-refractivity contribution in [2.24, 2.45) is 7.05 Å². The van der Waals surface area contributed by atoms with Crippen LogP contribution in [0.3, 0.4) is 0 Å². The minimum absolute atomic E-state index is 0.495. The van der Waals surface area contributed by atoms with E-state index in [1.165, 1.54) is 0 Å². The molecule has 0 saturated heterocycles. The first-order valence-electron chi connectivity index (χ1n) is 7.80. The van der Waals surface area contributed by atoms with Crippen LogP contribution in [0.5, 0.6) is 0 Å². The molecule has 5 rings (SSSR count). The van der Waals surface area contributed by atoms with Crippen molar-refractivity contribution in [2.45, 2.75) is 13.3 Å². The molecule has 4 aromatic rings. The van der Waals surface area contributed by atoms with Crippen molar-refractivity contribution in [3.63, 3.8) is 0 Å². The smallest absolute Gasteiger partial charge is 0.223 e. The molecule has 8 heteroatoms. The molecule has 0 amide bonds. The van der Waals surface area contributed by atoms with E-state index in [0.29, 0.717) is 23.2 Å². The molecule has 0 spiro atoms. The van der Waals surface area contributed by atoms with Crippen LogP contribution in [0.25, 0.3) is 28.5 Å². The molecule has 0 unspecified atom stereocenters. The zero-order valence-electron chi connectivity index (χ0n) is 13.6. The van der Waals surface area contributed by atoms with Crippen molar-refractivity contribution in [1.82, 2.24) is 29.5 Å².